The van der Waals surface area contributed by atoms with Gasteiger partial charge in [0, 0.05) is 25.6 Å². The van der Waals surface area contributed by atoms with Crippen LogP contribution in [0, 0.1) is 0 Å². The smallest absolute Gasteiger partial charge is 0.252 e. The number of hydrogen-bond acceptors (Lipinski definition) is 3. The Morgan fingerprint density at radius 3 is 2.45 bits per heavy atom. The van der Waals surface area contributed by atoms with Gasteiger partial charge in [-0.3, -0.25) is 9.59 Å². The molecule has 4 N–H and O–H groups in total. The molecule has 0 spiro atoms. The Labute approximate surface area is 129 Å². The average molecular weight is 320 g/mol. The van der Waals surface area contributed by atoms with Crippen molar-refractivity contribution in [2.75, 3.05) is 13.1 Å². The van der Waals surface area contributed by atoms with Crippen LogP contribution < -0.4 is 16.4 Å². The lowest BCUT2D eigenvalue weighted by Gasteiger charge is -2.09. The zero-order chi connectivity index (χ0) is 14.3. The minimum absolute atomic E-state index is 0. The fraction of sp³-hybridized carbons (Fsp3) is 0.385. The molecule has 112 valence electrons. The molecule has 0 saturated heterocycles. The Morgan fingerprint density at radius 2 is 1.85 bits per heavy atom. The van der Waals surface area contributed by atoms with E-state index in [0.29, 0.717) is 23.7 Å². The van der Waals surface area contributed by atoms with Crippen LogP contribution in [0.4, 0.5) is 0 Å². The monoisotopic (exact) mass is 319 g/mol. The molecular formula is C13H19Cl2N3O2. The molecule has 0 aliphatic rings. The van der Waals surface area contributed by atoms with E-state index in [1.165, 1.54) is 0 Å². The number of carbonyl (C=O) groups excluding carboxylic acids is 2. The van der Waals surface area contributed by atoms with E-state index in [4.69, 9.17) is 17.3 Å². The molecule has 1 unspecified atom stereocenters. The second-order valence-corrected chi connectivity index (χ2v) is 4.67. The molecule has 1 atom stereocenters. The molecule has 1 aromatic rings. The standard InChI is InChI=1S/C13H18ClN3O2.ClH/c1-9(15)8-12(18)16-6-7-17-13(19)10-4-2-3-5-11(10)14;/h2-5,9H,6-8,15H2,1H3,(H,16,18)(H,17,19);1H. The van der Waals surface area contributed by atoms with E-state index in [1.807, 2.05) is 0 Å². The molecular weight excluding hydrogens is 301 g/mol. The number of carbonyl (C=O) groups is 2. The molecule has 7 heteroatoms. The van der Waals surface area contributed by atoms with Gasteiger partial charge in [-0.25, -0.2) is 0 Å². The first kappa shape index (κ1) is 18.7. The summed E-state index contributed by atoms with van der Waals surface area (Å²) in [5.41, 5.74) is 5.92. The van der Waals surface area contributed by atoms with Crippen LogP contribution in [0.25, 0.3) is 0 Å². The quantitative estimate of drug-likeness (QED) is 0.692. The number of nitrogens with one attached hydrogen (secondary N) is 2. The van der Waals surface area contributed by atoms with Gasteiger partial charge >= 0.3 is 0 Å². The fourth-order valence-electron chi connectivity index (χ4n) is 1.48. The highest BCUT2D eigenvalue weighted by Crippen LogP contribution is 2.14. The summed E-state index contributed by atoms with van der Waals surface area (Å²) in [7, 11) is 0. The zero-order valence-electron chi connectivity index (χ0n) is 11.2. The predicted octanol–water partition coefficient (Wildman–Crippen LogP) is 1.35. The molecule has 1 rings (SSSR count). The van der Waals surface area contributed by atoms with Crippen LogP contribution >= 0.6 is 24.0 Å². The van der Waals surface area contributed by atoms with E-state index in [9.17, 15) is 9.59 Å². The Bertz CT molecular complexity index is 453. The Kier molecular flexibility index (Phi) is 8.96. The van der Waals surface area contributed by atoms with E-state index in [-0.39, 0.29) is 36.7 Å². The van der Waals surface area contributed by atoms with Gasteiger partial charge in [-0.2, -0.15) is 0 Å². The summed E-state index contributed by atoms with van der Waals surface area (Å²) in [5.74, 6) is -0.381. The Morgan fingerprint density at radius 1 is 1.25 bits per heavy atom. The van der Waals surface area contributed by atoms with E-state index in [1.54, 1.807) is 31.2 Å². The third kappa shape index (κ3) is 6.75. The van der Waals surface area contributed by atoms with Gasteiger partial charge in [-0.05, 0) is 19.1 Å². The molecule has 20 heavy (non-hydrogen) atoms. The first-order valence-corrected chi connectivity index (χ1v) is 6.43. The minimum Gasteiger partial charge on any atom is -0.354 e. The molecule has 0 saturated carbocycles. The number of halogens is 2. The second-order valence-electron chi connectivity index (χ2n) is 4.27. The zero-order valence-corrected chi connectivity index (χ0v) is 12.8. The maximum atomic E-state index is 11.8. The summed E-state index contributed by atoms with van der Waals surface area (Å²) in [6.07, 6.45) is 0.276. The van der Waals surface area contributed by atoms with Crippen LogP contribution in [0.5, 0.6) is 0 Å². The van der Waals surface area contributed by atoms with Gasteiger partial charge in [0.15, 0.2) is 0 Å². The number of nitrogens with two attached hydrogens (primary N) is 1. The van der Waals surface area contributed by atoms with Crippen molar-refractivity contribution < 1.29 is 9.59 Å². The summed E-state index contributed by atoms with van der Waals surface area (Å²) in [5, 5.41) is 5.75. The van der Waals surface area contributed by atoms with Crippen LogP contribution in [0.3, 0.4) is 0 Å². The minimum atomic E-state index is -0.257. The van der Waals surface area contributed by atoms with Gasteiger partial charge in [0.25, 0.3) is 5.91 Å². The summed E-state index contributed by atoms with van der Waals surface area (Å²) in [4.78, 5) is 23.1. The van der Waals surface area contributed by atoms with E-state index >= 15 is 0 Å². The number of hydrogen-bond donors (Lipinski definition) is 3. The molecule has 0 bridgehead atoms. The van der Waals surface area contributed by atoms with Crippen molar-refractivity contribution in [3.8, 4) is 0 Å². The topological polar surface area (TPSA) is 84.2 Å². The van der Waals surface area contributed by atoms with Crippen molar-refractivity contribution in [3.63, 3.8) is 0 Å². The van der Waals surface area contributed by atoms with Gasteiger partial charge in [-0.15, -0.1) is 12.4 Å². The van der Waals surface area contributed by atoms with Crippen molar-refractivity contribution in [1.82, 2.24) is 10.6 Å². The van der Waals surface area contributed by atoms with E-state index in [2.05, 4.69) is 10.6 Å². The van der Waals surface area contributed by atoms with Crippen LogP contribution in [0.2, 0.25) is 5.02 Å². The van der Waals surface area contributed by atoms with Gasteiger partial charge < -0.3 is 16.4 Å². The molecule has 0 aromatic heterocycles. The lowest BCUT2D eigenvalue weighted by molar-refractivity contribution is -0.121. The van der Waals surface area contributed by atoms with Crippen LogP contribution in [0.15, 0.2) is 24.3 Å². The second kappa shape index (κ2) is 9.58. The van der Waals surface area contributed by atoms with Crippen molar-refractivity contribution in [2.45, 2.75) is 19.4 Å². The highest BCUT2D eigenvalue weighted by Gasteiger charge is 2.09. The van der Waals surface area contributed by atoms with Crippen molar-refractivity contribution >= 4 is 35.8 Å². The van der Waals surface area contributed by atoms with Gasteiger partial charge in [0.2, 0.25) is 5.91 Å². The highest BCUT2D eigenvalue weighted by molar-refractivity contribution is 6.33. The highest BCUT2D eigenvalue weighted by atomic mass is 35.5. The van der Waals surface area contributed by atoms with Crippen LogP contribution in [-0.2, 0) is 4.79 Å². The molecule has 0 fully saturated rings. The lowest BCUT2D eigenvalue weighted by Crippen LogP contribution is -2.36. The number of benzene rings is 1. The summed E-state index contributed by atoms with van der Waals surface area (Å²) >= 11 is 5.90. The van der Waals surface area contributed by atoms with Crippen LogP contribution in [-0.4, -0.2) is 30.9 Å². The van der Waals surface area contributed by atoms with Gasteiger partial charge in [0.05, 0.1) is 10.6 Å². The molecule has 0 aliphatic heterocycles. The Hall–Kier alpha value is -1.30. The van der Waals surface area contributed by atoms with E-state index < -0.39 is 0 Å². The average Bonchev–Trinajstić information content (AvgIpc) is 2.34. The van der Waals surface area contributed by atoms with Crippen molar-refractivity contribution in [1.29, 1.82) is 0 Å². The lowest BCUT2D eigenvalue weighted by atomic mass is 10.2. The third-order valence-electron chi connectivity index (χ3n) is 2.36. The maximum Gasteiger partial charge on any atom is 0.252 e. The van der Waals surface area contributed by atoms with Gasteiger partial charge in [-0.1, -0.05) is 23.7 Å². The number of amides is 2. The molecule has 5 nitrogen and oxygen atoms in total. The molecule has 0 aliphatic carbocycles. The molecule has 1 aromatic carbocycles. The van der Waals surface area contributed by atoms with Crippen molar-refractivity contribution in [3.05, 3.63) is 34.9 Å². The fourth-order valence-corrected chi connectivity index (χ4v) is 1.70. The first-order valence-electron chi connectivity index (χ1n) is 6.05. The molecule has 0 heterocycles. The maximum absolute atomic E-state index is 11.8. The number of rotatable bonds is 6. The largest absolute Gasteiger partial charge is 0.354 e. The summed E-state index contributed by atoms with van der Waals surface area (Å²) in [6, 6.07) is 6.63. The third-order valence-corrected chi connectivity index (χ3v) is 2.69. The predicted molar refractivity (Wildman–Crippen MR) is 82.3 cm³/mol. The summed E-state index contributed by atoms with van der Waals surface area (Å²) < 4.78 is 0. The first-order chi connectivity index (χ1) is 9.00. The molecule has 0 radical (unpaired) electrons. The Balaban J connectivity index is 0.00000361. The normalized spacial score (nSPS) is 11.2. The van der Waals surface area contributed by atoms with Gasteiger partial charge in [0.1, 0.15) is 0 Å². The summed E-state index contributed by atoms with van der Waals surface area (Å²) in [6.45, 7) is 2.47. The van der Waals surface area contributed by atoms with E-state index in [0.717, 1.165) is 0 Å². The molecule has 2 amide bonds. The van der Waals surface area contributed by atoms with Crippen molar-refractivity contribution in [2.24, 2.45) is 5.73 Å². The SMILES string of the molecule is CC(N)CC(=O)NCCNC(=O)c1ccccc1Cl.Cl. The van der Waals surface area contributed by atoms with Crippen LogP contribution in [0.1, 0.15) is 23.7 Å².